The van der Waals surface area contributed by atoms with Crippen molar-refractivity contribution in [3.63, 3.8) is 0 Å². The molecule has 0 bridgehead atoms. The number of benzene rings is 2. The van der Waals surface area contributed by atoms with Crippen molar-refractivity contribution in [2.45, 2.75) is 38.3 Å². The topological polar surface area (TPSA) is 109 Å². The molecule has 0 unspecified atom stereocenters. The zero-order valence-electron chi connectivity index (χ0n) is 22.0. The van der Waals surface area contributed by atoms with Crippen molar-refractivity contribution in [1.29, 1.82) is 0 Å². The van der Waals surface area contributed by atoms with E-state index >= 15 is 4.39 Å². The van der Waals surface area contributed by atoms with Gasteiger partial charge in [-0.05, 0) is 61.7 Å². The molecule has 5 rings (SSSR count). The Hall–Kier alpha value is -4.25. The quantitative estimate of drug-likeness (QED) is 0.418. The number of nitrogens with zero attached hydrogens (tertiary/aromatic N) is 3. The summed E-state index contributed by atoms with van der Waals surface area (Å²) in [4.78, 5) is 44.2. The van der Waals surface area contributed by atoms with Crippen molar-refractivity contribution in [3.8, 4) is 22.8 Å². The van der Waals surface area contributed by atoms with Gasteiger partial charge in [-0.1, -0.05) is 17.7 Å². The van der Waals surface area contributed by atoms with Gasteiger partial charge in [0.05, 0.1) is 17.0 Å². The first-order valence-corrected chi connectivity index (χ1v) is 13.4. The van der Waals surface area contributed by atoms with Gasteiger partial charge in [-0.2, -0.15) is 0 Å². The SMILES string of the molecule is C[C@H](CC(=O)O)Oc1ccc(F)cc1-c1ccc(C(=O)N2CCC(N3C(=O)COc4ncc(Cl)cc43)CC2)c(F)c1. The van der Waals surface area contributed by atoms with Gasteiger partial charge in [0.1, 0.15) is 29.2 Å². The number of fused-ring (bicyclic) bond motifs is 1. The van der Waals surface area contributed by atoms with Gasteiger partial charge >= 0.3 is 5.97 Å². The van der Waals surface area contributed by atoms with Crippen LogP contribution in [0.25, 0.3) is 11.1 Å². The molecule has 1 saturated heterocycles. The van der Waals surface area contributed by atoms with Crippen LogP contribution in [0.2, 0.25) is 5.02 Å². The number of halogens is 3. The Morgan fingerprint density at radius 2 is 1.93 bits per heavy atom. The van der Waals surface area contributed by atoms with Crippen molar-refractivity contribution in [3.05, 3.63) is 70.9 Å². The smallest absolute Gasteiger partial charge is 0.307 e. The summed E-state index contributed by atoms with van der Waals surface area (Å²) in [6.07, 6.45) is 1.38. The van der Waals surface area contributed by atoms with Crippen LogP contribution in [-0.4, -0.2) is 64.6 Å². The lowest BCUT2D eigenvalue weighted by molar-refractivity contribution is -0.138. The summed E-state index contributed by atoms with van der Waals surface area (Å²) < 4.78 is 40.5. The van der Waals surface area contributed by atoms with Gasteiger partial charge in [0.15, 0.2) is 6.61 Å². The molecule has 9 nitrogen and oxygen atoms in total. The Balaban J connectivity index is 1.30. The number of carbonyl (C=O) groups excluding carboxylic acids is 2. The predicted octanol–water partition coefficient (Wildman–Crippen LogP) is 4.95. The van der Waals surface area contributed by atoms with Crippen LogP contribution in [0.15, 0.2) is 48.7 Å². The molecule has 2 aromatic carbocycles. The van der Waals surface area contributed by atoms with Crippen LogP contribution in [0.5, 0.6) is 11.6 Å². The summed E-state index contributed by atoms with van der Waals surface area (Å²) in [7, 11) is 0. The summed E-state index contributed by atoms with van der Waals surface area (Å²) in [5.41, 5.74) is 0.838. The number of carboxylic acids is 1. The number of aromatic nitrogens is 1. The Kier molecular flexibility index (Phi) is 8.07. The lowest BCUT2D eigenvalue weighted by Gasteiger charge is -2.40. The minimum atomic E-state index is -1.05. The second-order valence-corrected chi connectivity index (χ2v) is 10.4. The maximum Gasteiger partial charge on any atom is 0.307 e. The summed E-state index contributed by atoms with van der Waals surface area (Å²) in [6.45, 7) is 2.01. The molecule has 1 aromatic heterocycles. The number of amides is 2. The zero-order chi connectivity index (χ0) is 29.3. The highest BCUT2D eigenvalue weighted by Gasteiger charge is 2.36. The molecule has 0 saturated carbocycles. The summed E-state index contributed by atoms with van der Waals surface area (Å²) in [5, 5.41) is 9.37. The first-order chi connectivity index (χ1) is 19.6. The molecule has 0 spiro atoms. The molecule has 1 N–H and O–H groups in total. The predicted molar refractivity (Wildman–Crippen MR) is 145 cm³/mol. The molecular formula is C29H26ClF2N3O6. The molecule has 1 atom stereocenters. The van der Waals surface area contributed by atoms with Gasteiger partial charge in [0.25, 0.3) is 11.8 Å². The van der Waals surface area contributed by atoms with Crippen molar-refractivity contribution in [2.75, 3.05) is 24.6 Å². The van der Waals surface area contributed by atoms with E-state index in [9.17, 15) is 18.8 Å². The number of carboxylic acid groups (broad SMARTS) is 1. The minimum absolute atomic E-state index is 0.144. The van der Waals surface area contributed by atoms with Gasteiger partial charge in [-0.15, -0.1) is 0 Å². The molecule has 2 aliphatic heterocycles. The van der Waals surface area contributed by atoms with Gasteiger partial charge in [0.2, 0.25) is 5.88 Å². The van der Waals surface area contributed by atoms with Crippen LogP contribution in [0, 0.1) is 11.6 Å². The average Bonchev–Trinajstić information content (AvgIpc) is 2.93. The lowest BCUT2D eigenvalue weighted by Crippen LogP contribution is -2.51. The number of likely N-dealkylation sites (tertiary alicyclic amines) is 1. The number of hydrogen-bond donors (Lipinski definition) is 1. The van der Waals surface area contributed by atoms with Gasteiger partial charge in [-0.3, -0.25) is 14.4 Å². The van der Waals surface area contributed by atoms with E-state index in [1.54, 1.807) is 17.9 Å². The van der Waals surface area contributed by atoms with Crippen LogP contribution < -0.4 is 14.4 Å². The highest BCUT2D eigenvalue weighted by Crippen LogP contribution is 2.36. The van der Waals surface area contributed by atoms with E-state index in [1.807, 2.05) is 0 Å². The molecule has 1 fully saturated rings. The fraction of sp³-hybridized carbons (Fsp3) is 0.310. The Bertz CT molecular complexity index is 1510. The molecule has 2 aliphatic rings. The van der Waals surface area contributed by atoms with Gasteiger partial charge < -0.3 is 24.4 Å². The fourth-order valence-corrected chi connectivity index (χ4v) is 5.27. The number of carbonyl (C=O) groups is 3. The van der Waals surface area contributed by atoms with Crippen molar-refractivity contribution in [2.24, 2.45) is 0 Å². The van der Waals surface area contributed by atoms with E-state index in [0.29, 0.717) is 42.5 Å². The van der Waals surface area contributed by atoms with E-state index in [4.69, 9.17) is 26.2 Å². The zero-order valence-corrected chi connectivity index (χ0v) is 22.7. The highest BCUT2D eigenvalue weighted by molar-refractivity contribution is 6.30. The summed E-state index contributed by atoms with van der Waals surface area (Å²) in [5.74, 6) is -2.65. The number of anilines is 1. The third-order valence-corrected chi connectivity index (χ3v) is 7.23. The summed E-state index contributed by atoms with van der Waals surface area (Å²) >= 11 is 6.09. The molecule has 214 valence electrons. The van der Waals surface area contributed by atoms with Crippen molar-refractivity contribution >= 4 is 35.1 Å². The molecule has 0 radical (unpaired) electrons. The largest absolute Gasteiger partial charge is 0.489 e. The van der Waals surface area contributed by atoms with E-state index in [1.165, 1.54) is 35.4 Å². The van der Waals surface area contributed by atoms with Crippen LogP contribution >= 0.6 is 11.6 Å². The number of ether oxygens (including phenoxy) is 2. The van der Waals surface area contributed by atoms with Crippen LogP contribution in [0.1, 0.15) is 36.5 Å². The average molecular weight is 586 g/mol. The second-order valence-electron chi connectivity index (χ2n) is 9.92. The number of pyridine rings is 1. The van der Waals surface area contributed by atoms with Gasteiger partial charge in [0, 0.05) is 30.9 Å². The van der Waals surface area contributed by atoms with Crippen LogP contribution in [0.3, 0.4) is 0 Å². The first kappa shape index (κ1) is 28.3. The number of piperidine rings is 1. The summed E-state index contributed by atoms with van der Waals surface area (Å²) in [6, 6.07) is 9.05. The first-order valence-electron chi connectivity index (χ1n) is 13.0. The third kappa shape index (κ3) is 6.09. The number of aliphatic carboxylic acids is 1. The van der Waals surface area contributed by atoms with Crippen LogP contribution in [0.4, 0.5) is 14.5 Å². The second kappa shape index (κ2) is 11.7. The molecule has 12 heteroatoms. The highest BCUT2D eigenvalue weighted by atomic mass is 35.5. The third-order valence-electron chi connectivity index (χ3n) is 7.02. The monoisotopic (exact) mass is 585 g/mol. The van der Waals surface area contributed by atoms with Crippen LogP contribution in [-0.2, 0) is 9.59 Å². The Morgan fingerprint density at radius 3 is 2.63 bits per heavy atom. The van der Waals surface area contributed by atoms with E-state index < -0.39 is 29.6 Å². The van der Waals surface area contributed by atoms with E-state index in [0.717, 1.165) is 12.1 Å². The molecule has 0 aliphatic carbocycles. The maximum atomic E-state index is 15.3. The minimum Gasteiger partial charge on any atom is -0.489 e. The van der Waals surface area contributed by atoms with E-state index in [2.05, 4.69) is 4.98 Å². The fourth-order valence-electron chi connectivity index (χ4n) is 5.12. The standard InChI is InChI=1S/C29H26ClF2N3O6/c1-16(10-27(37)38)41-25-5-3-19(31)13-22(25)17-2-4-21(23(32)11-17)29(39)34-8-6-20(7-9-34)35-24-12-18(30)14-33-28(24)40-15-26(35)36/h2-5,11-14,16,20H,6-10,15H2,1H3,(H,37,38)/t16-/m1/s1. The maximum absolute atomic E-state index is 15.3. The number of hydrogen-bond acceptors (Lipinski definition) is 6. The van der Waals surface area contributed by atoms with Crippen molar-refractivity contribution < 1.29 is 37.7 Å². The molecule has 2 amide bonds. The number of rotatable bonds is 7. The molecule has 41 heavy (non-hydrogen) atoms. The van der Waals surface area contributed by atoms with E-state index in [-0.39, 0.29) is 47.4 Å². The lowest BCUT2D eigenvalue weighted by atomic mass is 9.99. The van der Waals surface area contributed by atoms with Gasteiger partial charge in [-0.25, -0.2) is 13.8 Å². The Labute approximate surface area is 239 Å². The molecule has 3 heterocycles. The van der Waals surface area contributed by atoms with Crippen molar-refractivity contribution in [1.82, 2.24) is 9.88 Å². The normalized spacial score (nSPS) is 16.1. The molecule has 3 aromatic rings. The molecular weight excluding hydrogens is 560 g/mol. The Morgan fingerprint density at radius 1 is 1.17 bits per heavy atom.